The Morgan fingerprint density at radius 2 is 2.00 bits per heavy atom. The van der Waals surface area contributed by atoms with Crippen LogP contribution in [-0.4, -0.2) is 12.0 Å². The highest BCUT2D eigenvalue weighted by Crippen LogP contribution is 2.22. The molecule has 0 aliphatic heterocycles. The quantitative estimate of drug-likeness (QED) is 0.674. The van der Waals surface area contributed by atoms with Crippen LogP contribution in [0, 0.1) is 25.2 Å². The van der Waals surface area contributed by atoms with Crippen molar-refractivity contribution in [2.75, 3.05) is 18.1 Å². The molecule has 1 aromatic heterocycles. The molecule has 3 N–H and O–H groups in total. The van der Waals surface area contributed by atoms with E-state index in [-0.39, 0.29) is 5.82 Å². The second-order valence-corrected chi connectivity index (χ2v) is 2.83. The van der Waals surface area contributed by atoms with E-state index < -0.39 is 0 Å². The molecule has 1 rings (SSSR count). The highest BCUT2D eigenvalue weighted by molar-refractivity contribution is 5.62. The van der Waals surface area contributed by atoms with Gasteiger partial charge < -0.3 is 11.1 Å². The van der Waals surface area contributed by atoms with Gasteiger partial charge in [-0.25, -0.2) is 4.98 Å². The zero-order valence-corrected chi connectivity index (χ0v) is 7.97. The fourth-order valence-electron chi connectivity index (χ4n) is 1.20. The molecule has 0 saturated carbocycles. The van der Waals surface area contributed by atoms with Gasteiger partial charge in [0.25, 0.3) is 0 Å². The van der Waals surface area contributed by atoms with Gasteiger partial charge in [0.2, 0.25) is 0 Å². The molecular weight excluding hydrogens is 164 g/mol. The zero-order chi connectivity index (χ0) is 10.0. The Morgan fingerprint density at radius 1 is 1.38 bits per heavy atom. The third kappa shape index (κ3) is 1.41. The van der Waals surface area contributed by atoms with Crippen LogP contribution in [-0.2, 0) is 0 Å². The number of pyridine rings is 1. The first-order valence-corrected chi connectivity index (χ1v) is 3.96. The summed E-state index contributed by atoms with van der Waals surface area (Å²) in [4.78, 5) is 4.07. The van der Waals surface area contributed by atoms with Gasteiger partial charge in [-0.3, -0.25) is 0 Å². The third-order valence-corrected chi connectivity index (χ3v) is 2.13. The first-order chi connectivity index (χ1) is 6.11. The van der Waals surface area contributed by atoms with E-state index >= 15 is 0 Å². The van der Waals surface area contributed by atoms with E-state index in [0.29, 0.717) is 5.56 Å². The number of aromatic nitrogens is 1. The molecule has 4 heteroatoms. The predicted molar refractivity (Wildman–Crippen MR) is 52.4 cm³/mol. The van der Waals surface area contributed by atoms with Crippen LogP contribution < -0.4 is 11.1 Å². The fourth-order valence-corrected chi connectivity index (χ4v) is 1.20. The lowest BCUT2D eigenvalue weighted by atomic mass is 10.1. The van der Waals surface area contributed by atoms with Crippen molar-refractivity contribution in [3.05, 3.63) is 16.7 Å². The van der Waals surface area contributed by atoms with Crippen LogP contribution >= 0.6 is 0 Å². The molecule has 0 bridgehead atoms. The minimum absolute atomic E-state index is 0.287. The molecule has 0 unspecified atom stereocenters. The standard InChI is InChI=1S/C9H12N4/c1-5-6(2)9(12-3)13-8(11)7(5)4-10/h1-3H3,(H3,11,12,13). The van der Waals surface area contributed by atoms with Gasteiger partial charge in [-0.2, -0.15) is 5.26 Å². The SMILES string of the molecule is CNc1nc(N)c(C#N)c(C)c1C. The van der Waals surface area contributed by atoms with Gasteiger partial charge in [0, 0.05) is 7.05 Å². The number of nitriles is 1. The molecule has 0 radical (unpaired) electrons. The van der Waals surface area contributed by atoms with Crippen LogP contribution in [0.2, 0.25) is 0 Å². The predicted octanol–water partition coefficient (Wildman–Crippen LogP) is 1.19. The molecule has 0 saturated heterocycles. The summed E-state index contributed by atoms with van der Waals surface area (Å²) < 4.78 is 0. The number of hydrogen-bond donors (Lipinski definition) is 2. The molecule has 1 heterocycles. The average molecular weight is 176 g/mol. The average Bonchev–Trinajstić information content (AvgIpc) is 2.12. The minimum Gasteiger partial charge on any atom is -0.383 e. The van der Waals surface area contributed by atoms with Crippen molar-refractivity contribution in [2.45, 2.75) is 13.8 Å². The fraction of sp³-hybridized carbons (Fsp3) is 0.333. The smallest absolute Gasteiger partial charge is 0.144 e. The van der Waals surface area contributed by atoms with E-state index in [1.807, 2.05) is 19.9 Å². The lowest BCUT2D eigenvalue weighted by Crippen LogP contribution is -2.05. The van der Waals surface area contributed by atoms with Crippen molar-refractivity contribution < 1.29 is 0 Å². The van der Waals surface area contributed by atoms with Gasteiger partial charge in [-0.1, -0.05) is 0 Å². The maximum absolute atomic E-state index is 8.80. The Labute approximate surface area is 77.4 Å². The van der Waals surface area contributed by atoms with E-state index in [1.165, 1.54) is 0 Å². The molecule has 0 aliphatic carbocycles. The first-order valence-electron chi connectivity index (χ1n) is 3.96. The second-order valence-electron chi connectivity index (χ2n) is 2.83. The van der Waals surface area contributed by atoms with Crippen molar-refractivity contribution in [1.29, 1.82) is 5.26 Å². The van der Waals surface area contributed by atoms with Gasteiger partial charge in [-0.05, 0) is 25.0 Å². The van der Waals surface area contributed by atoms with Crippen LogP contribution in [0.3, 0.4) is 0 Å². The van der Waals surface area contributed by atoms with Gasteiger partial charge in [0.1, 0.15) is 17.7 Å². The van der Waals surface area contributed by atoms with Gasteiger partial charge in [-0.15, -0.1) is 0 Å². The van der Waals surface area contributed by atoms with Crippen LogP contribution in [0.1, 0.15) is 16.7 Å². The lowest BCUT2D eigenvalue weighted by Gasteiger charge is -2.10. The van der Waals surface area contributed by atoms with Crippen LogP contribution in [0.4, 0.5) is 11.6 Å². The van der Waals surface area contributed by atoms with Crippen molar-refractivity contribution in [2.24, 2.45) is 0 Å². The topological polar surface area (TPSA) is 74.7 Å². The molecule has 0 aliphatic rings. The number of nitrogens with two attached hydrogens (primary N) is 1. The number of nitrogens with zero attached hydrogens (tertiary/aromatic N) is 2. The summed E-state index contributed by atoms with van der Waals surface area (Å²) in [6.45, 7) is 3.78. The summed E-state index contributed by atoms with van der Waals surface area (Å²) in [7, 11) is 1.78. The van der Waals surface area contributed by atoms with E-state index in [9.17, 15) is 0 Å². The molecule has 13 heavy (non-hydrogen) atoms. The number of anilines is 2. The monoisotopic (exact) mass is 176 g/mol. The summed E-state index contributed by atoms with van der Waals surface area (Å²) in [5.41, 5.74) is 7.93. The maximum atomic E-state index is 8.80. The molecule has 4 nitrogen and oxygen atoms in total. The van der Waals surface area contributed by atoms with Crippen LogP contribution in [0.15, 0.2) is 0 Å². The van der Waals surface area contributed by atoms with Crippen LogP contribution in [0.25, 0.3) is 0 Å². The first kappa shape index (κ1) is 9.33. The summed E-state index contributed by atoms with van der Waals surface area (Å²) in [5.74, 6) is 1.02. The zero-order valence-electron chi connectivity index (χ0n) is 7.97. The Balaban J connectivity index is 3.48. The normalized spacial score (nSPS) is 9.38. The molecule has 0 amide bonds. The van der Waals surface area contributed by atoms with Crippen molar-refractivity contribution in [1.82, 2.24) is 4.98 Å². The van der Waals surface area contributed by atoms with E-state index in [1.54, 1.807) is 7.05 Å². The highest BCUT2D eigenvalue weighted by Gasteiger charge is 2.10. The van der Waals surface area contributed by atoms with Crippen LogP contribution in [0.5, 0.6) is 0 Å². The van der Waals surface area contributed by atoms with Gasteiger partial charge in [0.15, 0.2) is 0 Å². The molecule has 1 aromatic rings. The molecule has 0 fully saturated rings. The Morgan fingerprint density at radius 3 is 2.46 bits per heavy atom. The van der Waals surface area contributed by atoms with Crippen molar-refractivity contribution in [3.8, 4) is 6.07 Å². The molecular formula is C9H12N4. The molecule has 0 atom stereocenters. The van der Waals surface area contributed by atoms with Gasteiger partial charge >= 0.3 is 0 Å². The largest absolute Gasteiger partial charge is 0.383 e. The molecule has 0 aromatic carbocycles. The second kappa shape index (κ2) is 3.31. The minimum atomic E-state index is 0.287. The maximum Gasteiger partial charge on any atom is 0.144 e. The van der Waals surface area contributed by atoms with Gasteiger partial charge in [0.05, 0.1) is 5.56 Å². The van der Waals surface area contributed by atoms with Crippen molar-refractivity contribution >= 4 is 11.6 Å². The number of nitrogen functional groups attached to an aromatic ring is 1. The summed E-state index contributed by atoms with van der Waals surface area (Å²) in [5, 5.41) is 11.7. The highest BCUT2D eigenvalue weighted by atomic mass is 15.0. The molecule has 68 valence electrons. The Kier molecular flexibility index (Phi) is 2.38. The Hall–Kier alpha value is -1.76. The lowest BCUT2D eigenvalue weighted by molar-refractivity contribution is 1.19. The van der Waals surface area contributed by atoms with E-state index in [4.69, 9.17) is 11.0 Å². The third-order valence-electron chi connectivity index (χ3n) is 2.13. The number of hydrogen-bond acceptors (Lipinski definition) is 4. The molecule has 0 spiro atoms. The number of nitrogens with one attached hydrogen (secondary N) is 1. The summed E-state index contributed by atoms with van der Waals surface area (Å²) in [6.07, 6.45) is 0. The summed E-state index contributed by atoms with van der Waals surface area (Å²) >= 11 is 0. The van der Waals surface area contributed by atoms with E-state index in [2.05, 4.69) is 10.3 Å². The number of rotatable bonds is 1. The Bertz CT molecular complexity index is 375. The van der Waals surface area contributed by atoms with Crippen molar-refractivity contribution in [3.63, 3.8) is 0 Å². The summed E-state index contributed by atoms with van der Waals surface area (Å²) in [6, 6.07) is 2.04. The van der Waals surface area contributed by atoms with E-state index in [0.717, 1.165) is 16.9 Å².